The Bertz CT molecular complexity index is 781. The van der Waals surface area contributed by atoms with E-state index in [9.17, 15) is 29.6 Å². The summed E-state index contributed by atoms with van der Waals surface area (Å²) in [6.07, 6.45) is 0.442. The standard InChI is InChI=1S/C16H16N2O7S/c1-9(19)25-8-16(15(21)22)12(17-13(20)7-14(17)26-16)6-10-2-4-11(5-3-10)18(23)24/h2-5,12,14H,6-8H2,1H3,(H,21,22)/t12?,14-,16?/m1/s1. The van der Waals surface area contributed by atoms with E-state index in [0.717, 1.165) is 11.8 Å². The van der Waals surface area contributed by atoms with Gasteiger partial charge in [-0.1, -0.05) is 12.1 Å². The topological polar surface area (TPSA) is 127 Å². The largest absolute Gasteiger partial charge is 0.480 e. The van der Waals surface area contributed by atoms with Crippen molar-refractivity contribution in [1.29, 1.82) is 0 Å². The Balaban J connectivity index is 1.90. The van der Waals surface area contributed by atoms with Crippen molar-refractivity contribution in [3.05, 3.63) is 39.9 Å². The van der Waals surface area contributed by atoms with Gasteiger partial charge in [0.15, 0.2) is 4.75 Å². The molecule has 2 heterocycles. The van der Waals surface area contributed by atoms with Crippen LogP contribution in [-0.2, 0) is 25.5 Å². The SMILES string of the molecule is CC(=O)OCC1(C(=O)O)S[C@@H]2CC(=O)N2C1Cc1ccc([N+](=O)[O-])cc1. The Kier molecular flexibility index (Phi) is 4.61. The fraction of sp³-hybridized carbons (Fsp3) is 0.438. The minimum Gasteiger partial charge on any atom is -0.480 e. The van der Waals surface area contributed by atoms with Gasteiger partial charge in [0.1, 0.15) is 6.61 Å². The van der Waals surface area contributed by atoms with Gasteiger partial charge in [-0.15, -0.1) is 11.8 Å². The lowest BCUT2D eigenvalue weighted by Gasteiger charge is -2.39. The third-order valence-corrected chi connectivity index (χ3v) is 6.25. The van der Waals surface area contributed by atoms with Gasteiger partial charge in [0.25, 0.3) is 5.69 Å². The molecule has 2 fully saturated rings. The number of amides is 1. The first-order valence-electron chi connectivity index (χ1n) is 7.83. The second-order valence-electron chi connectivity index (χ2n) is 6.20. The molecular weight excluding hydrogens is 364 g/mol. The zero-order chi connectivity index (χ0) is 19.1. The Morgan fingerprint density at radius 3 is 2.58 bits per heavy atom. The fourth-order valence-corrected chi connectivity index (χ4v) is 4.93. The molecule has 26 heavy (non-hydrogen) atoms. The summed E-state index contributed by atoms with van der Waals surface area (Å²) >= 11 is 1.12. The van der Waals surface area contributed by atoms with Gasteiger partial charge in [-0.05, 0) is 12.0 Å². The highest BCUT2D eigenvalue weighted by molar-refractivity contribution is 8.02. The number of carbonyl (C=O) groups excluding carboxylic acids is 2. The van der Waals surface area contributed by atoms with Crippen LogP contribution in [0.3, 0.4) is 0 Å². The average Bonchev–Trinajstić information content (AvgIpc) is 2.82. The van der Waals surface area contributed by atoms with Crippen molar-refractivity contribution >= 4 is 35.3 Å². The number of carboxylic acids is 1. The minimum atomic E-state index is -1.47. The molecule has 2 aliphatic heterocycles. The number of hydrogen-bond acceptors (Lipinski definition) is 7. The predicted molar refractivity (Wildman–Crippen MR) is 90.4 cm³/mol. The zero-order valence-electron chi connectivity index (χ0n) is 13.8. The second kappa shape index (κ2) is 6.60. The zero-order valence-corrected chi connectivity index (χ0v) is 14.6. The normalized spacial score (nSPS) is 26.8. The monoisotopic (exact) mass is 380 g/mol. The Morgan fingerprint density at radius 2 is 2.08 bits per heavy atom. The molecule has 0 bridgehead atoms. The molecule has 1 aromatic carbocycles. The summed E-state index contributed by atoms with van der Waals surface area (Å²) in [5, 5.41) is 20.4. The lowest BCUT2D eigenvalue weighted by atomic mass is 9.89. The molecule has 1 N–H and O–H groups in total. The van der Waals surface area contributed by atoms with Crippen LogP contribution in [0.25, 0.3) is 0 Å². The molecule has 2 aliphatic rings. The van der Waals surface area contributed by atoms with Crippen LogP contribution < -0.4 is 0 Å². The molecule has 3 atom stereocenters. The van der Waals surface area contributed by atoms with E-state index in [1.807, 2.05) is 0 Å². The highest BCUT2D eigenvalue weighted by Crippen LogP contribution is 2.52. The number of non-ortho nitro benzene ring substituents is 1. The van der Waals surface area contributed by atoms with Gasteiger partial charge in [-0.25, -0.2) is 0 Å². The molecule has 0 saturated carbocycles. The van der Waals surface area contributed by atoms with Gasteiger partial charge in [0, 0.05) is 19.1 Å². The van der Waals surface area contributed by atoms with E-state index in [1.165, 1.54) is 24.0 Å². The van der Waals surface area contributed by atoms with Gasteiger partial charge in [-0.3, -0.25) is 24.5 Å². The summed E-state index contributed by atoms with van der Waals surface area (Å²) in [5.41, 5.74) is 0.590. The highest BCUT2D eigenvalue weighted by atomic mass is 32.2. The van der Waals surface area contributed by atoms with E-state index in [2.05, 4.69) is 0 Å². The van der Waals surface area contributed by atoms with Crippen molar-refractivity contribution in [3.8, 4) is 0 Å². The number of nitrogens with zero attached hydrogens (tertiary/aromatic N) is 2. The number of hydrogen-bond donors (Lipinski definition) is 1. The number of esters is 1. The molecular formula is C16H16N2O7S. The number of benzene rings is 1. The minimum absolute atomic E-state index is 0.0724. The van der Waals surface area contributed by atoms with Gasteiger partial charge < -0.3 is 14.7 Å². The average molecular weight is 380 g/mol. The fourth-order valence-electron chi connectivity index (χ4n) is 3.25. The Hall–Kier alpha value is -2.62. The third kappa shape index (κ3) is 3.00. The van der Waals surface area contributed by atoms with E-state index in [-0.39, 0.29) is 36.4 Å². The van der Waals surface area contributed by atoms with E-state index in [1.54, 1.807) is 12.1 Å². The molecule has 0 aliphatic carbocycles. The number of carbonyl (C=O) groups is 3. The Morgan fingerprint density at radius 1 is 1.42 bits per heavy atom. The first kappa shape index (κ1) is 18.2. The molecule has 2 unspecified atom stereocenters. The summed E-state index contributed by atoms with van der Waals surface area (Å²) in [5.74, 6) is -1.90. The summed E-state index contributed by atoms with van der Waals surface area (Å²) in [4.78, 5) is 47.1. The van der Waals surface area contributed by atoms with Gasteiger partial charge in [0.05, 0.1) is 22.8 Å². The van der Waals surface area contributed by atoms with E-state index in [4.69, 9.17) is 4.74 Å². The van der Waals surface area contributed by atoms with Crippen LogP contribution >= 0.6 is 11.8 Å². The molecule has 0 radical (unpaired) electrons. The van der Waals surface area contributed by atoms with Crippen LogP contribution in [0.4, 0.5) is 5.69 Å². The predicted octanol–water partition coefficient (Wildman–Crippen LogP) is 1.20. The van der Waals surface area contributed by atoms with Crippen LogP contribution in [0, 0.1) is 10.1 Å². The van der Waals surface area contributed by atoms with Gasteiger partial charge in [0.2, 0.25) is 5.91 Å². The van der Waals surface area contributed by atoms with Crippen molar-refractivity contribution in [2.75, 3.05) is 6.61 Å². The number of carboxylic acid groups (broad SMARTS) is 1. The van der Waals surface area contributed by atoms with E-state index >= 15 is 0 Å². The highest BCUT2D eigenvalue weighted by Gasteiger charge is 2.64. The molecule has 1 amide bonds. The lowest BCUT2D eigenvalue weighted by molar-refractivity contribution is -0.384. The molecule has 10 heteroatoms. The maximum atomic E-state index is 12.1. The molecule has 138 valence electrons. The van der Waals surface area contributed by atoms with Gasteiger partial charge in [-0.2, -0.15) is 0 Å². The summed E-state index contributed by atoms with van der Waals surface area (Å²) < 4.78 is 3.53. The Labute approximate surface area is 152 Å². The van der Waals surface area contributed by atoms with Crippen molar-refractivity contribution < 1.29 is 29.2 Å². The van der Waals surface area contributed by atoms with Crippen molar-refractivity contribution in [2.24, 2.45) is 0 Å². The summed E-state index contributed by atoms with van der Waals surface area (Å²) in [7, 11) is 0. The summed E-state index contributed by atoms with van der Waals surface area (Å²) in [6.45, 7) is 0.848. The molecule has 9 nitrogen and oxygen atoms in total. The number of nitro benzene ring substituents is 1. The smallest absolute Gasteiger partial charge is 0.325 e. The quantitative estimate of drug-likeness (QED) is 0.337. The second-order valence-corrected chi connectivity index (χ2v) is 7.70. The van der Waals surface area contributed by atoms with Crippen LogP contribution in [-0.4, -0.2) is 55.5 Å². The van der Waals surface area contributed by atoms with Crippen LogP contribution in [0.2, 0.25) is 0 Å². The van der Waals surface area contributed by atoms with Crippen molar-refractivity contribution in [1.82, 2.24) is 4.90 Å². The van der Waals surface area contributed by atoms with E-state index in [0.29, 0.717) is 5.56 Å². The molecule has 2 saturated heterocycles. The van der Waals surface area contributed by atoms with Gasteiger partial charge >= 0.3 is 11.9 Å². The van der Waals surface area contributed by atoms with Crippen LogP contribution in [0.1, 0.15) is 18.9 Å². The first-order chi connectivity index (χ1) is 12.2. The van der Waals surface area contributed by atoms with Crippen molar-refractivity contribution in [3.63, 3.8) is 0 Å². The van der Waals surface area contributed by atoms with Crippen molar-refractivity contribution in [2.45, 2.75) is 35.9 Å². The van der Waals surface area contributed by atoms with Crippen LogP contribution in [0.5, 0.6) is 0 Å². The number of thioether (sulfide) groups is 1. The maximum Gasteiger partial charge on any atom is 0.325 e. The lowest BCUT2D eigenvalue weighted by Crippen LogP contribution is -2.58. The number of rotatable bonds is 6. The summed E-state index contributed by atoms with van der Waals surface area (Å²) in [6, 6.07) is 5.04. The number of aliphatic carboxylic acids is 1. The number of β-lactam (4-membered cyclic amide) rings is 1. The third-order valence-electron chi connectivity index (χ3n) is 4.60. The number of fused-ring (bicyclic) bond motifs is 1. The first-order valence-corrected chi connectivity index (χ1v) is 8.71. The molecule has 0 spiro atoms. The molecule has 3 rings (SSSR count). The number of ether oxygens (including phenoxy) is 1. The number of nitro groups is 1. The molecule has 1 aromatic rings. The van der Waals surface area contributed by atoms with E-state index < -0.39 is 27.7 Å². The maximum absolute atomic E-state index is 12.1. The van der Waals surface area contributed by atoms with Crippen LogP contribution in [0.15, 0.2) is 24.3 Å². The molecule has 0 aromatic heterocycles.